The number of nitrogens with one attached hydrogen (secondary N) is 1. The molecule has 0 aromatic carbocycles. The van der Waals surface area contributed by atoms with Crippen LogP contribution in [0.15, 0.2) is 0 Å². The minimum Gasteiger partial charge on any atom is -0.459 e. The molecule has 4 N–H and O–H groups in total. The van der Waals surface area contributed by atoms with E-state index in [9.17, 15) is 24.9 Å². The molecule has 1 amide bonds. The first-order chi connectivity index (χ1) is 21.3. The van der Waals surface area contributed by atoms with E-state index >= 15 is 0 Å². The van der Waals surface area contributed by atoms with Crippen molar-refractivity contribution in [2.45, 2.75) is 169 Å². The lowest BCUT2D eigenvalue weighted by Crippen LogP contribution is -2.57. The Balaban J connectivity index is 2.91. The number of carbonyl (C=O) groups excluding carboxylic acids is 2. The Morgan fingerprint density at radius 2 is 1.70 bits per heavy atom. The summed E-state index contributed by atoms with van der Waals surface area (Å²) in [5.41, 5.74) is -1.77. The van der Waals surface area contributed by atoms with Crippen molar-refractivity contribution >= 4 is 11.9 Å². The van der Waals surface area contributed by atoms with Gasteiger partial charge in [-0.05, 0) is 79.2 Å². The van der Waals surface area contributed by atoms with Crippen molar-refractivity contribution < 1.29 is 43.9 Å². The van der Waals surface area contributed by atoms with Crippen LogP contribution in [-0.2, 0) is 28.5 Å². The van der Waals surface area contributed by atoms with E-state index in [2.05, 4.69) is 31.0 Å². The first kappa shape index (κ1) is 42.7. The van der Waals surface area contributed by atoms with E-state index in [1.54, 1.807) is 20.8 Å². The van der Waals surface area contributed by atoms with Crippen LogP contribution in [0.25, 0.3) is 0 Å². The van der Waals surface area contributed by atoms with E-state index in [1.165, 1.54) is 14.0 Å². The summed E-state index contributed by atoms with van der Waals surface area (Å²) in [4.78, 5) is 27.4. The lowest BCUT2D eigenvalue weighted by Gasteiger charge is -2.44. The van der Waals surface area contributed by atoms with Gasteiger partial charge in [-0.2, -0.15) is 0 Å². The molecular weight excluding hydrogens is 592 g/mol. The highest BCUT2D eigenvalue weighted by atomic mass is 16.7. The average molecular weight is 661 g/mol. The predicted molar refractivity (Wildman–Crippen MR) is 179 cm³/mol. The topological polar surface area (TPSA) is 147 Å². The highest BCUT2D eigenvalue weighted by Crippen LogP contribution is 2.33. The third-order valence-electron chi connectivity index (χ3n) is 10.1. The minimum absolute atomic E-state index is 0.0220. The smallest absolute Gasteiger partial charge is 0.309 e. The number of likely N-dealkylation sites (N-methyl/N-ethyl adjacent to an activating group) is 2. The summed E-state index contributed by atoms with van der Waals surface area (Å²) in [5.74, 6) is -1.85. The fraction of sp³-hybridized carbons (Fsp3) is 0.943. The van der Waals surface area contributed by atoms with E-state index in [-0.39, 0.29) is 48.6 Å². The summed E-state index contributed by atoms with van der Waals surface area (Å²) >= 11 is 0. The van der Waals surface area contributed by atoms with E-state index in [0.717, 1.165) is 12.8 Å². The zero-order valence-electron chi connectivity index (χ0n) is 31.0. The van der Waals surface area contributed by atoms with Gasteiger partial charge in [0.25, 0.3) is 0 Å². The van der Waals surface area contributed by atoms with Crippen LogP contribution in [0.4, 0.5) is 0 Å². The quantitative estimate of drug-likeness (QED) is 0.142. The Labute approximate surface area is 279 Å². The highest BCUT2D eigenvalue weighted by molar-refractivity contribution is 5.76. The summed E-state index contributed by atoms with van der Waals surface area (Å²) in [6.45, 7) is 20.8. The van der Waals surface area contributed by atoms with Crippen molar-refractivity contribution in [2.75, 3.05) is 20.7 Å². The lowest BCUT2D eigenvalue weighted by atomic mass is 9.78. The molecule has 46 heavy (non-hydrogen) atoms. The van der Waals surface area contributed by atoms with E-state index < -0.39 is 54.1 Å². The number of nitrogens with zero attached hydrogens (tertiary/aromatic N) is 1. The Bertz CT molecular complexity index is 903. The molecule has 11 nitrogen and oxygen atoms in total. The number of carbonyl (C=O) groups is 2. The maximum atomic E-state index is 13.3. The molecule has 1 heterocycles. The summed E-state index contributed by atoms with van der Waals surface area (Å²) in [6.07, 6.45) is -1.53. The predicted octanol–water partition coefficient (Wildman–Crippen LogP) is 3.90. The van der Waals surface area contributed by atoms with E-state index in [4.69, 9.17) is 18.9 Å². The monoisotopic (exact) mass is 660 g/mol. The summed E-state index contributed by atoms with van der Waals surface area (Å²) in [5, 5.41) is 36.6. The third-order valence-corrected chi connectivity index (χ3v) is 10.1. The first-order valence-electron chi connectivity index (χ1n) is 17.5. The minimum atomic E-state index is -1.77. The second-order valence-corrected chi connectivity index (χ2v) is 14.4. The van der Waals surface area contributed by atoms with E-state index in [1.807, 2.05) is 34.7 Å². The van der Waals surface area contributed by atoms with Crippen molar-refractivity contribution in [1.29, 1.82) is 0 Å². The van der Waals surface area contributed by atoms with Gasteiger partial charge >= 0.3 is 5.97 Å². The zero-order valence-corrected chi connectivity index (χ0v) is 31.0. The molecule has 1 fully saturated rings. The standard InChI is InChI=1S/C35H68N2O9/c1-14-16-21(5)31(43-19-29(38)36-12)25(9)32(40)35(11,42)28(15-2)46-33(41)23(7)17-22(6)26(10)45-34-30(39)27(18-24(8)44-34)37(13)20(3)4/h20-28,30-32,34,39-40,42H,14-19H2,1-13H3,(H,36,38)/t21-,22+,23-,24-,25+,26+,27+,28-,30-,31+,32-,34+,35-/m1/s1. The molecule has 1 aliphatic rings. The fourth-order valence-corrected chi connectivity index (χ4v) is 6.59. The lowest BCUT2D eigenvalue weighted by molar-refractivity contribution is -0.273. The van der Waals surface area contributed by atoms with Gasteiger partial charge in [-0.15, -0.1) is 0 Å². The van der Waals surface area contributed by atoms with Crippen molar-refractivity contribution in [2.24, 2.45) is 23.7 Å². The Hall–Kier alpha value is -1.34. The molecule has 0 radical (unpaired) electrons. The number of hydrogen-bond acceptors (Lipinski definition) is 10. The van der Waals surface area contributed by atoms with Crippen LogP contribution < -0.4 is 5.32 Å². The number of amides is 1. The molecular formula is C35H68N2O9. The van der Waals surface area contributed by atoms with Crippen LogP contribution in [-0.4, -0.2) is 113 Å². The highest BCUT2D eigenvalue weighted by Gasteiger charge is 2.46. The maximum absolute atomic E-state index is 13.3. The molecule has 0 unspecified atom stereocenters. The summed E-state index contributed by atoms with van der Waals surface area (Å²) < 4.78 is 24.0. The number of aliphatic hydroxyl groups is 3. The zero-order chi connectivity index (χ0) is 35.5. The Morgan fingerprint density at radius 1 is 1.09 bits per heavy atom. The largest absolute Gasteiger partial charge is 0.459 e. The van der Waals surface area contributed by atoms with Gasteiger partial charge in [0, 0.05) is 25.0 Å². The molecule has 272 valence electrons. The second kappa shape index (κ2) is 19.6. The van der Waals surface area contributed by atoms with Crippen molar-refractivity contribution in [3.8, 4) is 0 Å². The number of rotatable bonds is 20. The molecule has 0 aromatic rings. The van der Waals surface area contributed by atoms with E-state index in [0.29, 0.717) is 19.3 Å². The van der Waals surface area contributed by atoms with Crippen LogP contribution >= 0.6 is 0 Å². The second-order valence-electron chi connectivity index (χ2n) is 14.4. The van der Waals surface area contributed by atoms with Crippen LogP contribution in [0.3, 0.4) is 0 Å². The van der Waals surface area contributed by atoms with Gasteiger partial charge in [-0.1, -0.05) is 48.0 Å². The molecule has 1 aliphatic heterocycles. The van der Waals surface area contributed by atoms with Gasteiger partial charge in [0.15, 0.2) is 6.29 Å². The molecule has 11 heteroatoms. The number of esters is 1. The van der Waals surface area contributed by atoms with Gasteiger partial charge in [-0.25, -0.2) is 0 Å². The van der Waals surface area contributed by atoms with Crippen molar-refractivity contribution in [3.05, 3.63) is 0 Å². The normalized spacial score (nSPS) is 27.2. The van der Waals surface area contributed by atoms with Gasteiger partial charge in [-0.3, -0.25) is 14.5 Å². The number of aliphatic hydroxyl groups excluding tert-OH is 2. The fourth-order valence-electron chi connectivity index (χ4n) is 6.59. The Morgan fingerprint density at radius 3 is 2.22 bits per heavy atom. The molecule has 1 rings (SSSR count). The van der Waals surface area contributed by atoms with Crippen LogP contribution in [0.5, 0.6) is 0 Å². The van der Waals surface area contributed by atoms with Crippen molar-refractivity contribution in [3.63, 3.8) is 0 Å². The van der Waals surface area contributed by atoms with Crippen molar-refractivity contribution in [1.82, 2.24) is 10.2 Å². The molecule has 0 bridgehead atoms. The number of ether oxygens (including phenoxy) is 4. The maximum Gasteiger partial charge on any atom is 0.309 e. The molecule has 0 aliphatic carbocycles. The molecule has 0 aromatic heterocycles. The molecule has 0 spiro atoms. The summed E-state index contributed by atoms with van der Waals surface area (Å²) in [7, 11) is 3.53. The third kappa shape index (κ3) is 12.0. The SMILES string of the molecule is CCC[C@@H](C)[C@H](OCC(=O)NC)[C@H](C)[C@@H](O)[C@](C)(O)[C@@H](CC)OC(=O)[C@H](C)C[C@H](C)[C@H](C)O[C@@H]1O[C@H](C)C[C@H](N(C)C(C)C)[C@H]1O. The summed E-state index contributed by atoms with van der Waals surface area (Å²) in [6, 6.07) is 0.175. The van der Waals surface area contributed by atoms with Crippen LogP contribution in [0.1, 0.15) is 108 Å². The first-order valence-corrected chi connectivity index (χ1v) is 17.5. The van der Waals surface area contributed by atoms with Crippen LogP contribution in [0, 0.1) is 23.7 Å². The van der Waals surface area contributed by atoms with Gasteiger partial charge in [0.2, 0.25) is 5.91 Å². The van der Waals surface area contributed by atoms with Gasteiger partial charge in [0.1, 0.15) is 24.4 Å². The Kier molecular flexibility index (Phi) is 18.2. The average Bonchev–Trinajstić information content (AvgIpc) is 2.99. The molecule has 0 saturated carbocycles. The van der Waals surface area contributed by atoms with Gasteiger partial charge in [0.05, 0.1) is 30.3 Å². The van der Waals surface area contributed by atoms with Crippen LogP contribution in [0.2, 0.25) is 0 Å². The molecule has 13 atom stereocenters. The molecule has 1 saturated heterocycles. The van der Waals surface area contributed by atoms with Gasteiger partial charge < -0.3 is 39.6 Å². The number of hydrogen-bond donors (Lipinski definition) is 4.